The van der Waals surface area contributed by atoms with Crippen LogP contribution in [-0.4, -0.2) is 30.5 Å². The largest absolute Gasteiger partial charge is 0.485 e. The zero-order valence-electron chi connectivity index (χ0n) is 10.2. The van der Waals surface area contributed by atoms with Crippen molar-refractivity contribution in [3.8, 4) is 5.75 Å². The van der Waals surface area contributed by atoms with Crippen molar-refractivity contribution in [2.75, 3.05) is 13.7 Å². The van der Waals surface area contributed by atoms with Crippen molar-refractivity contribution in [1.29, 1.82) is 0 Å². The Kier molecular flexibility index (Phi) is 4.61. The van der Waals surface area contributed by atoms with Crippen LogP contribution in [0.4, 0.5) is 5.69 Å². The lowest BCUT2D eigenvalue weighted by atomic mass is 10.2. The molecule has 0 aromatic heterocycles. The summed E-state index contributed by atoms with van der Waals surface area (Å²) in [7, 11) is 1.56. The van der Waals surface area contributed by atoms with Crippen molar-refractivity contribution in [3.05, 3.63) is 33.9 Å². The van der Waals surface area contributed by atoms with E-state index in [1.54, 1.807) is 26.1 Å². The van der Waals surface area contributed by atoms with Crippen molar-refractivity contribution in [2.45, 2.75) is 13.0 Å². The van der Waals surface area contributed by atoms with E-state index in [1.165, 1.54) is 6.07 Å². The number of rotatable bonds is 6. The third-order valence-corrected chi connectivity index (χ3v) is 2.41. The number of benzene rings is 1. The van der Waals surface area contributed by atoms with Gasteiger partial charge in [0.25, 0.3) is 0 Å². The predicted octanol–water partition coefficient (Wildman–Crippen LogP) is 0.355. The van der Waals surface area contributed by atoms with Gasteiger partial charge in [0.05, 0.1) is 4.92 Å². The van der Waals surface area contributed by atoms with Gasteiger partial charge in [-0.05, 0) is 25.6 Å². The van der Waals surface area contributed by atoms with E-state index in [0.29, 0.717) is 0 Å². The normalized spacial score (nSPS) is 11.9. The van der Waals surface area contributed by atoms with Crippen LogP contribution in [0, 0.1) is 17.0 Å². The van der Waals surface area contributed by atoms with E-state index in [-0.39, 0.29) is 18.0 Å². The van der Waals surface area contributed by atoms with Crippen LogP contribution in [0.3, 0.4) is 0 Å². The summed E-state index contributed by atoms with van der Waals surface area (Å²) < 4.78 is 5.29. The number of carbonyl (C=O) groups is 1. The second-order valence-corrected chi connectivity index (χ2v) is 3.78. The number of primary amides is 1. The first kappa shape index (κ1) is 13.9. The van der Waals surface area contributed by atoms with Gasteiger partial charge in [-0.3, -0.25) is 14.9 Å². The molecule has 0 fully saturated rings. The number of carbonyl (C=O) groups excluding carboxylic acids is 1. The summed E-state index contributed by atoms with van der Waals surface area (Å²) in [6, 6.07) is 3.84. The fourth-order valence-electron chi connectivity index (χ4n) is 1.37. The molecule has 1 atom stereocenters. The van der Waals surface area contributed by atoms with Crippen molar-refractivity contribution in [3.63, 3.8) is 0 Å². The van der Waals surface area contributed by atoms with E-state index in [2.05, 4.69) is 5.32 Å². The number of nitro groups is 1. The Bertz CT molecular complexity index is 462. The van der Waals surface area contributed by atoms with E-state index in [4.69, 9.17) is 10.5 Å². The van der Waals surface area contributed by atoms with Crippen LogP contribution in [0.1, 0.15) is 5.56 Å². The molecule has 0 saturated carbocycles. The van der Waals surface area contributed by atoms with Crippen LogP contribution >= 0.6 is 0 Å². The standard InChI is InChI=1S/C11H15N3O4/c1-7-3-4-9(14(16)17)10(5-7)18-6-8(13-2)11(12)15/h3-5,8,13H,6H2,1-2H3,(H2,12,15). The number of amides is 1. The zero-order valence-corrected chi connectivity index (χ0v) is 10.2. The minimum atomic E-state index is -0.690. The highest BCUT2D eigenvalue weighted by Gasteiger charge is 2.18. The second-order valence-electron chi connectivity index (χ2n) is 3.78. The average molecular weight is 253 g/mol. The lowest BCUT2D eigenvalue weighted by molar-refractivity contribution is -0.385. The molecule has 0 radical (unpaired) electrons. The van der Waals surface area contributed by atoms with E-state index in [0.717, 1.165) is 5.56 Å². The summed E-state index contributed by atoms with van der Waals surface area (Å²) >= 11 is 0. The number of nitrogens with zero attached hydrogens (tertiary/aromatic N) is 1. The topological polar surface area (TPSA) is 107 Å². The summed E-state index contributed by atoms with van der Waals surface area (Å²) in [5.41, 5.74) is 5.81. The van der Waals surface area contributed by atoms with E-state index in [9.17, 15) is 14.9 Å². The molecule has 1 unspecified atom stereocenters. The van der Waals surface area contributed by atoms with Crippen LogP contribution in [-0.2, 0) is 4.79 Å². The number of ether oxygens (including phenoxy) is 1. The van der Waals surface area contributed by atoms with Crippen LogP contribution in [0.25, 0.3) is 0 Å². The van der Waals surface area contributed by atoms with Crippen LogP contribution in [0.5, 0.6) is 5.75 Å². The number of nitro benzene ring substituents is 1. The van der Waals surface area contributed by atoms with Gasteiger partial charge in [0.1, 0.15) is 12.6 Å². The lowest BCUT2D eigenvalue weighted by Crippen LogP contribution is -2.43. The molecular formula is C11H15N3O4. The van der Waals surface area contributed by atoms with Gasteiger partial charge in [0, 0.05) is 6.07 Å². The van der Waals surface area contributed by atoms with Crippen molar-refractivity contribution in [1.82, 2.24) is 5.32 Å². The minimum Gasteiger partial charge on any atom is -0.485 e. The molecule has 0 aliphatic carbocycles. The molecule has 0 spiro atoms. The first-order valence-electron chi connectivity index (χ1n) is 5.30. The first-order valence-corrected chi connectivity index (χ1v) is 5.30. The molecule has 1 amide bonds. The minimum absolute atomic E-state index is 0.0594. The van der Waals surface area contributed by atoms with Crippen LogP contribution in [0.15, 0.2) is 18.2 Å². The number of nitrogens with two attached hydrogens (primary N) is 1. The van der Waals surface area contributed by atoms with E-state index < -0.39 is 16.9 Å². The molecular weight excluding hydrogens is 238 g/mol. The van der Waals surface area contributed by atoms with Crippen molar-refractivity contribution < 1.29 is 14.5 Å². The highest BCUT2D eigenvalue weighted by Crippen LogP contribution is 2.27. The summed E-state index contributed by atoms with van der Waals surface area (Å²) in [6.45, 7) is 1.73. The second kappa shape index (κ2) is 5.97. The van der Waals surface area contributed by atoms with Gasteiger partial charge in [-0.2, -0.15) is 0 Å². The number of aryl methyl sites for hydroxylation is 1. The summed E-state index contributed by atoms with van der Waals surface area (Å²) in [6.07, 6.45) is 0. The van der Waals surface area contributed by atoms with Gasteiger partial charge in [-0.15, -0.1) is 0 Å². The average Bonchev–Trinajstić information content (AvgIpc) is 2.29. The monoisotopic (exact) mass is 253 g/mol. The Morgan fingerprint density at radius 2 is 2.28 bits per heavy atom. The van der Waals surface area contributed by atoms with E-state index >= 15 is 0 Å². The predicted molar refractivity (Wildman–Crippen MR) is 65.4 cm³/mol. The fourth-order valence-corrected chi connectivity index (χ4v) is 1.37. The van der Waals surface area contributed by atoms with Crippen LogP contribution < -0.4 is 15.8 Å². The molecule has 0 aliphatic rings. The lowest BCUT2D eigenvalue weighted by Gasteiger charge is -2.13. The fraction of sp³-hybridized carbons (Fsp3) is 0.364. The Labute approximate surface area is 104 Å². The molecule has 1 aromatic carbocycles. The van der Waals surface area contributed by atoms with Gasteiger partial charge >= 0.3 is 5.69 Å². The number of hydrogen-bond donors (Lipinski definition) is 2. The summed E-state index contributed by atoms with van der Waals surface area (Å²) in [5, 5.41) is 13.5. The summed E-state index contributed by atoms with van der Waals surface area (Å²) in [5.74, 6) is -0.450. The van der Waals surface area contributed by atoms with E-state index in [1.807, 2.05) is 0 Å². The van der Waals surface area contributed by atoms with Gasteiger partial charge < -0.3 is 15.8 Å². The molecule has 0 saturated heterocycles. The first-order chi connectivity index (χ1) is 8.45. The Balaban J connectivity index is 2.86. The zero-order chi connectivity index (χ0) is 13.7. The Morgan fingerprint density at radius 1 is 1.61 bits per heavy atom. The summed E-state index contributed by atoms with van der Waals surface area (Å²) in [4.78, 5) is 21.2. The van der Waals surface area contributed by atoms with Gasteiger partial charge in [-0.1, -0.05) is 6.07 Å². The molecule has 7 heteroatoms. The molecule has 0 heterocycles. The van der Waals surface area contributed by atoms with Crippen molar-refractivity contribution in [2.24, 2.45) is 5.73 Å². The molecule has 3 N–H and O–H groups in total. The molecule has 18 heavy (non-hydrogen) atoms. The third-order valence-electron chi connectivity index (χ3n) is 2.41. The molecule has 1 aromatic rings. The van der Waals surface area contributed by atoms with Crippen molar-refractivity contribution >= 4 is 11.6 Å². The SMILES string of the molecule is CNC(COc1cc(C)ccc1[N+](=O)[O-])C(N)=O. The maximum atomic E-state index is 11.0. The number of nitrogens with one attached hydrogen (secondary N) is 1. The smallest absolute Gasteiger partial charge is 0.310 e. The van der Waals surface area contributed by atoms with Crippen LogP contribution in [0.2, 0.25) is 0 Å². The molecule has 0 aliphatic heterocycles. The number of hydrogen-bond acceptors (Lipinski definition) is 5. The van der Waals surface area contributed by atoms with Gasteiger partial charge in [0.2, 0.25) is 5.91 Å². The number of likely N-dealkylation sites (N-methyl/N-ethyl adjacent to an activating group) is 1. The van der Waals surface area contributed by atoms with Gasteiger partial charge in [0.15, 0.2) is 5.75 Å². The quantitative estimate of drug-likeness (QED) is 0.562. The molecule has 0 bridgehead atoms. The Hall–Kier alpha value is -2.15. The Morgan fingerprint density at radius 3 is 2.78 bits per heavy atom. The highest BCUT2D eigenvalue weighted by molar-refractivity contribution is 5.80. The van der Waals surface area contributed by atoms with Gasteiger partial charge in [-0.25, -0.2) is 0 Å². The highest BCUT2D eigenvalue weighted by atomic mass is 16.6. The molecule has 7 nitrogen and oxygen atoms in total. The molecule has 1 rings (SSSR count). The maximum absolute atomic E-state index is 11.0. The molecule has 98 valence electrons. The third kappa shape index (κ3) is 3.42. The maximum Gasteiger partial charge on any atom is 0.310 e.